The number of amides is 3. The first-order valence-electron chi connectivity index (χ1n) is 12.2. The second-order valence-electron chi connectivity index (χ2n) is 10.6. The molecule has 182 valence electrons. The van der Waals surface area contributed by atoms with Crippen molar-refractivity contribution in [2.24, 2.45) is 23.7 Å². The fraction of sp³-hybridized carbons (Fsp3) is 0.600. The number of methoxy groups -OCH3 is 1. The molecule has 1 heterocycles. The van der Waals surface area contributed by atoms with Gasteiger partial charge in [-0.1, -0.05) is 25.2 Å². The van der Waals surface area contributed by atoms with Crippen molar-refractivity contribution in [1.29, 1.82) is 0 Å². The van der Waals surface area contributed by atoms with Gasteiger partial charge in [0.25, 0.3) is 0 Å². The first-order chi connectivity index (χ1) is 16.3. The van der Waals surface area contributed by atoms with Crippen LogP contribution in [0.5, 0.6) is 5.75 Å². The molecule has 6 rings (SSSR count). The topological polar surface area (TPSA) is 105 Å². The van der Waals surface area contributed by atoms with Gasteiger partial charge in [0, 0.05) is 11.1 Å². The Kier molecular flexibility index (Phi) is 6.22. The normalized spacial score (nSPS) is 27.9. The fourth-order valence-electron chi connectivity index (χ4n) is 6.52. The number of anilines is 1. The highest BCUT2D eigenvalue weighted by atomic mass is 32.1. The SMILES string of the molecule is COc1ccc(-c2nnc(NC(=O)C(NC(=O)NC34CC5CC(CC(C5)C3)C4)C(C)C)s2)cc1. The van der Waals surface area contributed by atoms with E-state index in [2.05, 4.69) is 26.1 Å². The number of nitrogens with one attached hydrogen (secondary N) is 3. The van der Waals surface area contributed by atoms with Crippen LogP contribution in [0.25, 0.3) is 10.6 Å². The van der Waals surface area contributed by atoms with Crippen LogP contribution in [-0.4, -0.2) is 40.8 Å². The van der Waals surface area contributed by atoms with Crippen LogP contribution in [0.3, 0.4) is 0 Å². The maximum absolute atomic E-state index is 13.1. The van der Waals surface area contributed by atoms with E-state index in [1.54, 1.807) is 7.11 Å². The molecule has 0 radical (unpaired) electrons. The molecule has 8 nitrogen and oxygen atoms in total. The van der Waals surface area contributed by atoms with E-state index in [-0.39, 0.29) is 23.4 Å². The van der Waals surface area contributed by atoms with Gasteiger partial charge >= 0.3 is 6.03 Å². The molecule has 3 amide bonds. The standard InChI is InChI=1S/C25H33N5O3S/c1-14(2)20(26-23(32)28-25-11-15-8-16(12-25)10-17(9-15)13-25)21(31)27-24-30-29-22(34-24)18-4-6-19(33-3)7-5-18/h4-7,14-17,20H,8-13H2,1-3H3,(H2,26,28,32)(H,27,30,31). The summed E-state index contributed by atoms with van der Waals surface area (Å²) in [4.78, 5) is 26.1. The Morgan fingerprint density at radius 3 is 2.21 bits per heavy atom. The van der Waals surface area contributed by atoms with Crippen LogP contribution < -0.4 is 20.7 Å². The zero-order valence-corrected chi connectivity index (χ0v) is 20.8. The highest BCUT2D eigenvalue weighted by molar-refractivity contribution is 7.18. The molecular formula is C25H33N5O3S. The Morgan fingerprint density at radius 1 is 1.03 bits per heavy atom. The van der Waals surface area contributed by atoms with E-state index in [4.69, 9.17) is 4.74 Å². The largest absolute Gasteiger partial charge is 0.497 e. The van der Waals surface area contributed by atoms with E-state index in [0.29, 0.717) is 10.1 Å². The number of benzene rings is 1. The number of urea groups is 1. The van der Waals surface area contributed by atoms with Gasteiger partial charge in [-0.3, -0.25) is 10.1 Å². The lowest BCUT2D eigenvalue weighted by Gasteiger charge is -2.56. The molecule has 9 heteroatoms. The third kappa shape index (κ3) is 4.76. The Bertz CT molecular complexity index is 1020. The minimum Gasteiger partial charge on any atom is -0.497 e. The van der Waals surface area contributed by atoms with Gasteiger partial charge in [0.2, 0.25) is 11.0 Å². The minimum atomic E-state index is -0.665. The van der Waals surface area contributed by atoms with Gasteiger partial charge in [0.05, 0.1) is 7.11 Å². The van der Waals surface area contributed by atoms with Crippen molar-refractivity contribution < 1.29 is 14.3 Å². The van der Waals surface area contributed by atoms with Crippen molar-refractivity contribution >= 4 is 28.4 Å². The molecule has 0 saturated heterocycles. The average molecular weight is 484 g/mol. The lowest BCUT2D eigenvalue weighted by Crippen LogP contribution is -2.63. The first kappa shape index (κ1) is 23.1. The van der Waals surface area contributed by atoms with E-state index in [0.717, 1.165) is 48.3 Å². The summed E-state index contributed by atoms with van der Waals surface area (Å²) in [5.41, 5.74) is 0.802. The van der Waals surface area contributed by atoms with E-state index in [1.165, 1.54) is 30.6 Å². The Morgan fingerprint density at radius 2 is 1.65 bits per heavy atom. The molecule has 4 saturated carbocycles. The second-order valence-corrected chi connectivity index (χ2v) is 11.6. The van der Waals surface area contributed by atoms with Gasteiger partial charge < -0.3 is 15.4 Å². The first-order valence-corrected chi connectivity index (χ1v) is 13.0. The van der Waals surface area contributed by atoms with E-state index in [1.807, 2.05) is 38.1 Å². The lowest BCUT2D eigenvalue weighted by molar-refractivity contribution is -0.118. The van der Waals surface area contributed by atoms with Crippen molar-refractivity contribution in [3.05, 3.63) is 24.3 Å². The van der Waals surface area contributed by atoms with Crippen LogP contribution in [0.2, 0.25) is 0 Å². The number of nitrogens with zero attached hydrogens (tertiary/aromatic N) is 2. The molecule has 2 aromatic rings. The van der Waals surface area contributed by atoms with Crippen LogP contribution in [0.4, 0.5) is 9.93 Å². The van der Waals surface area contributed by atoms with Gasteiger partial charge in [-0.15, -0.1) is 10.2 Å². The number of carbonyl (C=O) groups is 2. The quantitative estimate of drug-likeness (QED) is 0.540. The Labute approximate surface area is 204 Å². The van der Waals surface area contributed by atoms with Crippen molar-refractivity contribution in [2.45, 2.75) is 64.0 Å². The summed E-state index contributed by atoms with van der Waals surface area (Å²) in [6, 6.07) is 6.61. The summed E-state index contributed by atoms with van der Waals surface area (Å²) in [6.07, 6.45) is 7.18. The smallest absolute Gasteiger partial charge is 0.315 e. The Balaban J connectivity index is 1.21. The highest BCUT2D eigenvalue weighted by Gasteiger charge is 2.51. The van der Waals surface area contributed by atoms with Crippen LogP contribution in [0, 0.1) is 23.7 Å². The number of hydrogen-bond acceptors (Lipinski definition) is 6. The summed E-state index contributed by atoms with van der Waals surface area (Å²) in [7, 11) is 1.62. The van der Waals surface area contributed by atoms with Gasteiger partial charge in [0.1, 0.15) is 16.8 Å². The summed E-state index contributed by atoms with van der Waals surface area (Å²) in [5.74, 6) is 2.64. The molecule has 34 heavy (non-hydrogen) atoms. The van der Waals surface area contributed by atoms with Crippen molar-refractivity contribution in [2.75, 3.05) is 12.4 Å². The number of rotatable bonds is 7. The van der Waals surface area contributed by atoms with Crippen LogP contribution in [-0.2, 0) is 4.79 Å². The highest BCUT2D eigenvalue weighted by Crippen LogP contribution is 2.55. The maximum atomic E-state index is 13.1. The third-order valence-corrected chi connectivity index (χ3v) is 8.53. The maximum Gasteiger partial charge on any atom is 0.315 e. The molecule has 1 aromatic heterocycles. The van der Waals surface area contributed by atoms with Gasteiger partial charge in [0.15, 0.2) is 0 Å². The Hall–Kier alpha value is -2.68. The second kappa shape index (κ2) is 9.17. The molecule has 1 atom stereocenters. The molecule has 4 bridgehead atoms. The van der Waals surface area contributed by atoms with Gasteiger partial charge in [-0.25, -0.2) is 4.79 Å². The van der Waals surface area contributed by atoms with Crippen LogP contribution in [0.1, 0.15) is 52.4 Å². The summed E-state index contributed by atoms with van der Waals surface area (Å²) in [6.45, 7) is 3.86. The molecule has 3 N–H and O–H groups in total. The number of ether oxygens (including phenoxy) is 1. The molecule has 1 unspecified atom stereocenters. The predicted octanol–water partition coefficient (Wildman–Crippen LogP) is 4.44. The zero-order chi connectivity index (χ0) is 23.9. The molecule has 1 aromatic carbocycles. The summed E-state index contributed by atoms with van der Waals surface area (Å²) in [5, 5.41) is 18.5. The minimum absolute atomic E-state index is 0.0731. The van der Waals surface area contributed by atoms with E-state index in [9.17, 15) is 9.59 Å². The summed E-state index contributed by atoms with van der Waals surface area (Å²) >= 11 is 1.30. The molecular weight excluding hydrogens is 450 g/mol. The number of hydrogen-bond donors (Lipinski definition) is 3. The number of aromatic nitrogens is 2. The van der Waals surface area contributed by atoms with Crippen molar-refractivity contribution in [3.63, 3.8) is 0 Å². The molecule has 4 aliphatic carbocycles. The monoisotopic (exact) mass is 483 g/mol. The van der Waals surface area contributed by atoms with Gasteiger partial charge in [-0.05, 0) is 86.5 Å². The van der Waals surface area contributed by atoms with Crippen LogP contribution in [0.15, 0.2) is 24.3 Å². The zero-order valence-electron chi connectivity index (χ0n) is 20.0. The summed E-state index contributed by atoms with van der Waals surface area (Å²) < 4.78 is 5.19. The molecule has 0 spiro atoms. The third-order valence-electron chi connectivity index (χ3n) is 7.64. The van der Waals surface area contributed by atoms with E-state index >= 15 is 0 Å². The number of carbonyl (C=O) groups excluding carboxylic acids is 2. The molecule has 4 aliphatic rings. The molecule has 0 aliphatic heterocycles. The van der Waals surface area contributed by atoms with Gasteiger partial charge in [-0.2, -0.15) is 0 Å². The van der Waals surface area contributed by atoms with E-state index < -0.39 is 6.04 Å². The van der Waals surface area contributed by atoms with Crippen molar-refractivity contribution in [1.82, 2.24) is 20.8 Å². The average Bonchev–Trinajstić information content (AvgIpc) is 3.24. The molecule has 4 fully saturated rings. The van der Waals surface area contributed by atoms with Crippen molar-refractivity contribution in [3.8, 4) is 16.3 Å². The predicted molar refractivity (Wildman–Crippen MR) is 132 cm³/mol. The fourth-order valence-corrected chi connectivity index (χ4v) is 7.28. The lowest BCUT2D eigenvalue weighted by atomic mass is 9.53. The van der Waals surface area contributed by atoms with Crippen LogP contribution >= 0.6 is 11.3 Å².